The predicted octanol–water partition coefficient (Wildman–Crippen LogP) is 2.58. The second-order valence-electron chi connectivity index (χ2n) is 7.36. The van der Waals surface area contributed by atoms with Crippen molar-refractivity contribution in [2.45, 2.75) is 44.6 Å². The summed E-state index contributed by atoms with van der Waals surface area (Å²) in [6.07, 6.45) is 10.1. The monoisotopic (exact) mass is 340 g/mol. The maximum Gasteiger partial charge on any atom is 0.146 e. The van der Waals surface area contributed by atoms with Crippen LogP contribution < -0.4 is 4.90 Å². The molecule has 0 unspecified atom stereocenters. The molecule has 0 N–H and O–H groups in total. The molecule has 1 atom stereocenters. The van der Waals surface area contributed by atoms with Crippen molar-refractivity contribution >= 4 is 5.69 Å². The van der Waals surface area contributed by atoms with Crippen molar-refractivity contribution in [3.63, 3.8) is 0 Å². The van der Waals surface area contributed by atoms with Crippen molar-refractivity contribution < 1.29 is 0 Å². The lowest BCUT2D eigenvalue weighted by Gasteiger charge is -2.34. The van der Waals surface area contributed by atoms with E-state index in [4.69, 9.17) is 0 Å². The molecule has 4 rings (SSSR count). The van der Waals surface area contributed by atoms with Crippen LogP contribution in [0.5, 0.6) is 0 Å². The summed E-state index contributed by atoms with van der Waals surface area (Å²) < 4.78 is 2.25. The summed E-state index contributed by atoms with van der Waals surface area (Å²) in [4.78, 5) is 9.10. The maximum absolute atomic E-state index is 4.58. The largest absolute Gasteiger partial charge is 0.371 e. The summed E-state index contributed by atoms with van der Waals surface area (Å²) in [7, 11) is 2.14. The van der Waals surface area contributed by atoms with E-state index in [1.807, 2.05) is 12.4 Å². The molecule has 2 aliphatic rings. The molecule has 0 amide bonds. The van der Waals surface area contributed by atoms with Gasteiger partial charge in [-0.25, -0.2) is 0 Å². The highest BCUT2D eigenvalue weighted by Gasteiger charge is 2.26. The van der Waals surface area contributed by atoms with Crippen molar-refractivity contribution in [2.24, 2.45) is 7.05 Å². The number of anilines is 1. The molecule has 25 heavy (non-hydrogen) atoms. The number of aromatic nitrogens is 4. The molecule has 2 saturated heterocycles. The van der Waals surface area contributed by atoms with Crippen LogP contribution >= 0.6 is 0 Å². The first-order valence-corrected chi connectivity index (χ1v) is 9.57. The van der Waals surface area contributed by atoms with E-state index in [-0.39, 0.29) is 0 Å². The average Bonchev–Trinajstić information content (AvgIpc) is 3.04. The van der Waals surface area contributed by atoms with Crippen molar-refractivity contribution in [1.82, 2.24) is 24.6 Å². The molecule has 0 saturated carbocycles. The van der Waals surface area contributed by atoms with Crippen LogP contribution in [0.4, 0.5) is 5.69 Å². The van der Waals surface area contributed by atoms with Gasteiger partial charge in [0.1, 0.15) is 11.6 Å². The lowest BCUT2D eigenvalue weighted by molar-refractivity contribution is 0.213. The normalized spacial score (nSPS) is 22.3. The number of hydrogen-bond acceptors (Lipinski definition) is 5. The van der Waals surface area contributed by atoms with Gasteiger partial charge >= 0.3 is 0 Å². The Balaban J connectivity index is 1.46. The van der Waals surface area contributed by atoms with Gasteiger partial charge in [-0.15, -0.1) is 10.2 Å². The van der Waals surface area contributed by atoms with E-state index < -0.39 is 0 Å². The standard InChI is InChI=1S/C19H28N6/c1-23-18(15-24-11-3-2-4-12-24)21-22-19(23)16-6-5-13-25(14-16)17-7-9-20-10-8-17/h7-10,16H,2-6,11-15H2,1H3/t16-/m0/s1. The van der Waals surface area contributed by atoms with Gasteiger partial charge in [-0.2, -0.15) is 0 Å². The van der Waals surface area contributed by atoms with Gasteiger partial charge in [0.15, 0.2) is 0 Å². The summed E-state index contributed by atoms with van der Waals surface area (Å²) >= 11 is 0. The zero-order valence-electron chi connectivity index (χ0n) is 15.1. The van der Waals surface area contributed by atoms with Gasteiger partial charge in [0.05, 0.1) is 6.54 Å². The Hall–Kier alpha value is -1.95. The van der Waals surface area contributed by atoms with Gasteiger partial charge < -0.3 is 9.47 Å². The highest BCUT2D eigenvalue weighted by molar-refractivity contribution is 5.45. The molecule has 6 nitrogen and oxygen atoms in total. The van der Waals surface area contributed by atoms with Crippen molar-refractivity contribution in [3.05, 3.63) is 36.2 Å². The van der Waals surface area contributed by atoms with E-state index in [0.717, 1.165) is 31.3 Å². The number of likely N-dealkylation sites (tertiary alicyclic amines) is 1. The lowest BCUT2D eigenvalue weighted by atomic mass is 9.96. The molecule has 0 aliphatic carbocycles. The summed E-state index contributed by atoms with van der Waals surface area (Å²) in [5.41, 5.74) is 1.26. The van der Waals surface area contributed by atoms with Crippen LogP contribution in [0.1, 0.15) is 49.7 Å². The molecule has 2 fully saturated rings. The van der Waals surface area contributed by atoms with E-state index in [1.54, 1.807) is 0 Å². The van der Waals surface area contributed by atoms with Crippen LogP contribution in [0, 0.1) is 0 Å². The third kappa shape index (κ3) is 3.68. The molecule has 2 aliphatic heterocycles. The second kappa shape index (κ2) is 7.52. The zero-order valence-corrected chi connectivity index (χ0v) is 15.1. The molecule has 2 aromatic heterocycles. The Morgan fingerprint density at radius 3 is 2.60 bits per heavy atom. The van der Waals surface area contributed by atoms with Gasteiger partial charge in [-0.05, 0) is 50.9 Å². The third-order valence-electron chi connectivity index (χ3n) is 5.63. The van der Waals surface area contributed by atoms with E-state index in [0.29, 0.717) is 5.92 Å². The van der Waals surface area contributed by atoms with Crippen molar-refractivity contribution in [3.8, 4) is 0 Å². The van der Waals surface area contributed by atoms with Gasteiger partial charge in [-0.1, -0.05) is 6.42 Å². The first-order chi connectivity index (χ1) is 12.3. The number of nitrogens with zero attached hydrogens (tertiary/aromatic N) is 6. The number of hydrogen-bond donors (Lipinski definition) is 0. The van der Waals surface area contributed by atoms with Crippen LogP contribution in [0.3, 0.4) is 0 Å². The molecular weight excluding hydrogens is 312 g/mol. The van der Waals surface area contributed by atoms with Gasteiger partial charge in [-0.3, -0.25) is 9.88 Å². The molecule has 0 bridgehead atoms. The quantitative estimate of drug-likeness (QED) is 0.856. The highest BCUT2D eigenvalue weighted by Crippen LogP contribution is 2.29. The van der Waals surface area contributed by atoms with Crippen LogP contribution in [-0.4, -0.2) is 50.8 Å². The van der Waals surface area contributed by atoms with Gasteiger partial charge in [0, 0.05) is 44.1 Å². The summed E-state index contributed by atoms with van der Waals surface area (Å²) in [6.45, 7) is 5.45. The first kappa shape index (κ1) is 16.5. The van der Waals surface area contributed by atoms with Crippen LogP contribution in [0.2, 0.25) is 0 Å². The molecular formula is C19H28N6. The van der Waals surface area contributed by atoms with Crippen molar-refractivity contribution in [1.29, 1.82) is 0 Å². The second-order valence-corrected chi connectivity index (χ2v) is 7.36. The van der Waals surface area contributed by atoms with Crippen LogP contribution in [0.25, 0.3) is 0 Å². The molecule has 6 heteroatoms. The lowest BCUT2D eigenvalue weighted by Crippen LogP contribution is -2.35. The smallest absolute Gasteiger partial charge is 0.146 e. The number of rotatable bonds is 4. The minimum absolute atomic E-state index is 0.453. The fourth-order valence-electron chi connectivity index (χ4n) is 4.16. The summed E-state index contributed by atoms with van der Waals surface area (Å²) in [5.74, 6) is 2.71. The van der Waals surface area contributed by atoms with E-state index in [1.165, 1.54) is 50.9 Å². The summed E-state index contributed by atoms with van der Waals surface area (Å²) in [6, 6.07) is 4.20. The van der Waals surface area contributed by atoms with Gasteiger partial charge in [0.25, 0.3) is 0 Å². The number of piperidine rings is 2. The molecule has 4 heterocycles. The van der Waals surface area contributed by atoms with E-state index >= 15 is 0 Å². The molecule has 2 aromatic rings. The fourth-order valence-corrected chi connectivity index (χ4v) is 4.16. The zero-order chi connectivity index (χ0) is 17.1. The number of pyridine rings is 1. The third-order valence-corrected chi connectivity index (χ3v) is 5.63. The minimum Gasteiger partial charge on any atom is -0.371 e. The average molecular weight is 340 g/mol. The Kier molecular flexibility index (Phi) is 4.97. The Bertz CT molecular complexity index is 676. The van der Waals surface area contributed by atoms with Crippen LogP contribution in [-0.2, 0) is 13.6 Å². The Morgan fingerprint density at radius 2 is 1.80 bits per heavy atom. The van der Waals surface area contributed by atoms with E-state index in [9.17, 15) is 0 Å². The SMILES string of the molecule is Cn1c(CN2CCCCC2)nnc1[C@H]1CCCN(c2ccncc2)C1. The Labute approximate surface area is 149 Å². The van der Waals surface area contributed by atoms with Crippen molar-refractivity contribution in [2.75, 3.05) is 31.1 Å². The Morgan fingerprint density at radius 1 is 1.00 bits per heavy atom. The molecule has 0 aromatic carbocycles. The molecule has 134 valence electrons. The highest BCUT2D eigenvalue weighted by atomic mass is 15.3. The fraction of sp³-hybridized carbons (Fsp3) is 0.632. The predicted molar refractivity (Wildman–Crippen MR) is 98.6 cm³/mol. The minimum atomic E-state index is 0.453. The summed E-state index contributed by atoms with van der Waals surface area (Å²) in [5, 5.41) is 9.11. The molecule has 0 spiro atoms. The van der Waals surface area contributed by atoms with Crippen LogP contribution in [0.15, 0.2) is 24.5 Å². The van der Waals surface area contributed by atoms with Gasteiger partial charge in [0.2, 0.25) is 0 Å². The molecule has 0 radical (unpaired) electrons. The topological polar surface area (TPSA) is 50.1 Å². The van der Waals surface area contributed by atoms with E-state index in [2.05, 4.69) is 48.7 Å². The first-order valence-electron chi connectivity index (χ1n) is 9.57. The maximum atomic E-state index is 4.58.